The maximum Gasteiger partial charge on any atom is 0.320 e. The fourth-order valence-electron chi connectivity index (χ4n) is 1.80. The number of nitrogen functional groups attached to an aromatic ring is 1. The highest BCUT2D eigenvalue weighted by atomic mass is 16.4. The number of nitrogens with zero attached hydrogens (tertiary/aromatic N) is 3. The van der Waals surface area contributed by atoms with Crippen molar-refractivity contribution in [3.63, 3.8) is 0 Å². The molecule has 1 aliphatic rings. The molecule has 1 fully saturated rings. The third kappa shape index (κ3) is 1.85. The summed E-state index contributed by atoms with van der Waals surface area (Å²) in [6.07, 6.45) is 2.68. The second-order valence-electron chi connectivity index (χ2n) is 3.53. The number of primary amides is 1. The van der Waals surface area contributed by atoms with Gasteiger partial charge in [-0.05, 0) is 19.3 Å². The lowest BCUT2D eigenvalue weighted by atomic mass is 10.0. The van der Waals surface area contributed by atoms with Crippen LogP contribution in [0.4, 0.5) is 12.0 Å². The van der Waals surface area contributed by atoms with Crippen LogP contribution in [0.3, 0.4) is 0 Å². The van der Waals surface area contributed by atoms with E-state index >= 15 is 0 Å². The summed E-state index contributed by atoms with van der Waals surface area (Å²) in [5, 5.41) is 7.30. The van der Waals surface area contributed by atoms with E-state index in [1.54, 1.807) is 4.90 Å². The quantitative estimate of drug-likeness (QED) is 0.681. The lowest BCUT2D eigenvalue weighted by Gasteiger charge is -2.31. The maximum atomic E-state index is 11.2. The molecule has 1 unspecified atom stereocenters. The molecule has 0 bridgehead atoms. The molecule has 1 aliphatic heterocycles. The summed E-state index contributed by atoms with van der Waals surface area (Å²) in [7, 11) is 0. The van der Waals surface area contributed by atoms with Gasteiger partial charge >= 0.3 is 12.0 Å². The Kier molecular flexibility index (Phi) is 2.44. The first-order valence-electron chi connectivity index (χ1n) is 4.83. The Morgan fingerprint density at radius 2 is 2.27 bits per heavy atom. The van der Waals surface area contributed by atoms with Crippen molar-refractivity contribution in [1.82, 2.24) is 10.2 Å². The molecule has 1 aromatic heterocycles. The molecule has 15 heavy (non-hydrogen) atoms. The number of anilines is 2. The topological polar surface area (TPSA) is 111 Å². The van der Waals surface area contributed by atoms with E-state index in [1.165, 1.54) is 0 Å². The third-order valence-corrected chi connectivity index (χ3v) is 2.51. The Balaban J connectivity index is 2.21. The average Bonchev–Trinajstić information content (AvgIpc) is 2.65. The first-order chi connectivity index (χ1) is 7.18. The Morgan fingerprint density at radius 3 is 2.87 bits per heavy atom. The zero-order valence-electron chi connectivity index (χ0n) is 8.22. The van der Waals surface area contributed by atoms with Crippen LogP contribution in [0.5, 0.6) is 0 Å². The van der Waals surface area contributed by atoms with Gasteiger partial charge in [-0.15, -0.1) is 0 Å². The van der Waals surface area contributed by atoms with Gasteiger partial charge < -0.3 is 20.8 Å². The van der Waals surface area contributed by atoms with Crippen molar-refractivity contribution in [3.05, 3.63) is 0 Å². The second-order valence-corrected chi connectivity index (χ2v) is 3.53. The predicted octanol–water partition coefficient (Wildman–Crippen LogP) is -0.504. The SMILES string of the molecule is NC(=O)C1CCCCN1c1nnc(N)o1. The van der Waals surface area contributed by atoms with E-state index in [2.05, 4.69) is 10.2 Å². The molecular weight excluding hydrogens is 198 g/mol. The minimum Gasteiger partial charge on any atom is -0.390 e. The van der Waals surface area contributed by atoms with Crippen molar-refractivity contribution < 1.29 is 9.21 Å². The van der Waals surface area contributed by atoms with Crippen molar-refractivity contribution in [2.24, 2.45) is 5.73 Å². The molecule has 0 aromatic carbocycles. The van der Waals surface area contributed by atoms with Crippen molar-refractivity contribution >= 4 is 17.9 Å². The van der Waals surface area contributed by atoms with E-state index in [1.807, 2.05) is 0 Å². The van der Waals surface area contributed by atoms with Gasteiger partial charge in [-0.1, -0.05) is 10.2 Å². The Bertz CT molecular complexity index is 364. The molecule has 4 N–H and O–H groups in total. The highest BCUT2D eigenvalue weighted by molar-refractivity contribution is 5.83. The third-order valence-electron chi connectivity index (χ3n) is 2.51. The summed E-state index contributed by atoms with van der Waals surface area (Å²) in [4.78, 5) is 12.9. The maximum absolute atomic E-state index is 11.2. The van der Waals surface area contributed by atoms with Gasteiger partial charge in [0.2, 0.25) is 5.91 Å². The van der Waals surface area contributed by atoms with Crippen LogP contribution in [0.15, 0.2) is 4.42 Å². The molecule has 2 heterocycles. The number of nitrogens with two attached hydrogens (primary N) is 2. The number of hydrogen-bond donors (Lipinski definition) is 2. The molecule has 1 aromatic rings. The van der Waals surface area contributed by atoms with Crippen LogP contribution in [0.2, 0.25) is 0 Å². The number of hydrogen-bond acceptors (Lipinski definition) is 6. The van der Waals surface area contributed by atoms with Crippen molar-refractivity contribution in [2.75, 3.05) is 17.2 Å². The highest BCUT2D eigenvalue weighted by Gasteiger charge is 2.30. The van der Waals surface area contributed by atoms with E-state index in [-0.39, 0.29) is 24.0 Å². The molecule has 1 amide bonds. The molecule has 0 radical (unpaired) electrons. The molecule has 7 heteroatoms. The van der Waals surface area contributed by atoms with Gasteiger partial charge in [0.05, 0.1) is 0 Å². The number of piperidine rings is 1. The number of carbonyl (C=O) groups is 1. The van der Waals surface area contributed by atoms with E-state index in [4.69, 9.17) is 15.9 Å². The number of aromatic nitrogens is 2. The van der Waals surface area contributed by atoms with Gasteiger partial charge in [-0.2, -0.15) is 0 Å². The molecule has 0 saturated carbocycles. The minimum atomic E-state index is -0.369. The summed E-state index contributed by atoms with van der Waals surface area (Å²) in [5.74, 6) is -0.369. The first-order valence-corrected chi connectivity index (χ1v) is 4.83. The van der Waals surface area contributed by atoms with Gasteiger partial charge in [0.1, 0.15) is 6.04 Å². The smallest absolute Gasteiger partial charge is 0.320 e. The largest absolute Gasteiger partial charge is 0.390 e. The summed E-state index contributed by atoms with van der Waals surface area (Å²) in [6, 6.07) is -0.0895. The van der Waals surface area contributed by atoms with E-state index < -0.39 is 0 Å². The zero-order valence-corrected chi connectivity index (χ0v) is 8.22. The van der Waals surface area contributed by atoms with Crippen LogP contribution in [-0.4, -0.2) is 28.7 Å². The number of amides is 1. The van der Waals surface area contributed by atoms with Gasteiger partial charge in [0, 0.05) is 6.54 Å². The van der Waals surface area contributed by atoms with Gasteiger partial charge in [-0.25, -0.2) is 0 Å². The highest BCUT2D eigenvalue weighted by Crippen LogP contribution is 2.23. The van der Waals surface area contributed by atoms with E-state index in [0.717, 1.165) is 19.3 Å². The molecule has 0 aliphatic carbocycles. The summed E-state index contributed by atoms with van der Waals surface area (Å²) in [5.41, 5.74) is 10.6. The molecule has 1 saturated heterocycles. The van der Waals surface area contributed by atoms with Crippen molar-refractivity contribution in [3.8, 4) is 0 Å². The zero-order chi connectivity index (χ0) is 10.8. The summed E-state index contributed by atoms with van der Waals surface area (Å²) >= 11 is 0. The van der Waals surface area contributed by atoms with Crippen LogP contribution >= 0.6 is 0 Å². The Hall–Kier alpha value is -1.79. The lowest BCUT2D eigenvalue weighted by molar-refractivity contribution is -0.119. The van der Waals surface area contributed by atoms with Gasteiger partial charge in [-0.3, -0.25) is 4.79 Å². The summed E-state index contributed by atoms with van der Waals surface area (Å²) in [6.45, 7) is 0.690. The fourth-order valence-corrected chi connectivity index (χ4v) is 1.80. The van der Waals surface area contributed by atoms with Gasteiger partial charge in [0.15, 0.2) is 0 Å². The van der Waals surface area contributed by atoms with Gasteiger partial charge in [0.25, 0.3) is 0 Å². The average molecular weight is 211 g/mol. The monoisotopic (exact) mass is 211 g/mol. The molecule has 82 valence electrons. The van der Waals surface area contributed by atoms with Crippen LogP contribution in [-0.2, 0) is 4.79 Å². The van der Waals surface area contributed by atoms with Crippen LogP contribution in [0.1, 0.15) is 19.3 Å². The summed E-state index contributed by atoms with van der Waals surface area (Å²) < 4.78 is 5.08. The minimum absolute atomic E-state index is 0.00112. The van der Waals surface area contributed by atoms with Crippen LogP contribution in [0.25, 0.3) is 0 Å². The molecule has 1 atom stereocenters. The Labute approximate surface area is 86.4 Å². The number of rotatable bonds is 2. The molecule has 7 nitrogen and oxygen atoms in total. The molecular formula is C8H13N5O2. The van der Waals surface area contributed by atoms with E-state index in [9.17, 15) is 4.79 Å². The second kappa shape index (κ2) is 3.76. The van der Waals surface area contributed by atoms with Crippen molar-refractivity contribution in [2.45, 2.75) is 25.3 Å². The normalized spacial score (nSPS) is 21.6. The van der Waals surface area contributed by atoms with Crippen molar-refractivity contribution in [1.29, 1.82) is 0 Å². The van der Waals surface area contributed by atoms with Crippen LogP contribution in [0, 0.1) is 0 Å². The lowest BCUT2D eigenvalue weighted by Crippen LogP contribution is -2.48. The van der Waals surface area contributed by atoms with Crippen LogP contribution < -0.4 is 16.4 Å². The first kappa shape index (κ1) is 9.75. The fraction of sp³-hybridized carbons (Fsp3) is 0.625. The standard InChI is InChI=1S/C8H13N5O2/c9-6(14)5-3-1-2-4-13(5)8-12-11-7(10)15-8/h5H,1-4H2,(H2,9,14)(H2,10,11). The Morgan fingerprint density at radius 1 is 1.47 bits per heavy atom. The predicted molar refractivity (Wildman–Crippen MR) is 52.9 cm³/mol. The number of carbonyl (C=O) groups excluding carboxylic acids is 1. The molecule has 2 rings (SSSR count). The molecule has 0 spiro atoms. The van der Waals surface area contributed by atoms with E-state index in [0.29, 0.717) is 6.54 Å².